The number of guanidine groups is 1. The van der Waals surface area contributed by atoms with Crippen LogP contribution in [0.15, 0.2) is 12.2 Å². The second kappa shape index (κ2) is 9.29. The first kappa shape index (κ1) is 24.4. The SMILES string of the molecule is CC[C@H]1C=CCC[C@@]2(C[C@@H]3CC[C@@H]4[C@H](C(=O)OCC5CC5)[C@]5(CCC[C@@H](C)O5)NC(=[N+]34)N2)O1.[Cl-]. The molecular formula is C26H40ClN3O4. The van der Waals surface area contributed by atoms with Gasteiger partial charge in [0.25, 0.3) is 0 Å². The van der Waals surface area contributed by atoms with E-state index in [2.05, 4.69) is 41.2 Å². The molecule has 2 N–H and O–H groups in total. The van der Waals surface area contributed by atoms with Crippen molar-refractivity contribution < 1.29 is 36.0 Å². The van der Waals surface area contributed by atoms with Gasteiger partial charge in [0.2, 0.25) is 5.72 Å². The highest BCUT2D eigenvalue weighted by atomic mass is 35.5. The zero-order valence-corrected chi connectivity index (χ0v) is 21.3. The minimum absolute atomic E-state index is 0. The molecule has 6 aliphatic rings. The van der Waals surface area contributed by atoms with Crippen molar-refractivity contribution in [3.8, 4) is 0 Å². The molecule has 3 fully saturated rings. The van der Waals surface area contributed by atoms with Crippen LogP contribution >= 0.6 is 0 Å². The number of allylic oxidation sites excluding steroid dienone is 1. The fourth-order valence-electron chi connectivity index (χ4n) is 6.97. The van der Waals surface area contributed by atoms with Gasteiger partial charge in [-0.05, 0) is 64.2 Å². The number of hydrogen-bond donors (Lipinski definition) is 2. The number of halogens is 1. The monoisotopic (exact) mass is 493 g/mol. The Bertz CT molecular complexity index is 861. The predicted octanol–water partition coefficient (Wildman–Crippen LogP) is 0.183. The van der Waals surface area contributed by atoms with Gasteiger partial charge < -0.3 is 26.6 Å². The van der Waals surface area contributed by atoms with Crippen molar-refractivity contribution in [2.24, 2.45) is 11.8 Å². The summed E-state index contributed by atoms with van der Waals surface area (Å²) in [6, 6.07) is 0.477. The summed E-state index contributed by atoms with van der Waals surface area (Å²) < 4.78 is 21.7. The highest BCUT2D eigenvalue weighted by Gasteiger charge is 2.64. The normalized spacial score (nSPS) is 42.9. The summed E-state index contributed by atoms with van der Waals surface area (Å²) in [5.74, 6) is 1.19. The molecule has 6 rings (SSSR count). The van der Waals surface area contributed by atoms with Gasteiger partial charge in [0, 0.05) is 19.3 Å². The van der Waals surface area contributed by atoms with Crippen molar-refractivity contribution in [3.05, 3.63) is 12.2 Å². The van der Waals surface area contributed by atoms with Crippen molar-refractivity contribution >= 4 is 11.9 Å². The van der Waals surface area contributed by atoms with Gasteiger partial charge in [-0.15, -0.1) is 0 Å². The van der Waals surface area contributed by atoms with E-state index in [1.165, 1.54) is 12.8 Å². The molecule has 1 aliphatic carbocycles. The molecule has 34 heavy (non-hydrogen) atoms. The topological polar surface area (TPSA) is 71.8 Å². The Morgan fingerprint density at radius 3 is 2.79 bits per heavy atom. The Hall–Kier alpha value is -1.31. The molecule has 0 aromatic heterocycles. The molecule has 0 unspecified atom stereocenters. The Kier molecular flexibility index (Phi) is 6.66. The maximum absolute atomic E-state index is 13.6. The number of nitrogens with one attached hydrogen (secondary N) is 2. The lowest BCUT2D eigenvalue weighted by Gasteiger charge is -2.50. The van der Waals surface area contributed by atoms with Gasteiger partial charge >= 0.3 is 11.9 Å². The molecule has 8 heteroatoms. The van der Waals surface area contributed by atoms with Crippen LogP contribution in [0.4, 0.5) is 0 Å². The Morgan fingerprint density at radius 1 is 1.18 bits per heavy atom. The number of hydrogen-bond acceptors (Lipinski definition) is 6. The first-order chi connectivity index (χ1) is 16.0. The fraction of sp³-hybridized carbons (Fsp3) is 0.846. The zero-order valence-electron chi connectivity index (χ0n) is 20.6. The fourth-order valence-corrected chi connectivity index (χ4v) is 6.97. The molecule has 190 valence electrons. The van der Waals surface area contributed by atoms with Gasteiger partial charge in [-0.1, -0.05) is 19.1 Å². The van der Waals surface area contributed by atoms with Crippen molar-refractivity contribution in [2.75, 3.05) is 6.61 Å². The number of nitrogens with zero attached hydrogens (tertiary/aromatic N) is 1. The molecule has 5 aliphatic heterocycles. The summed E-state index contributed by atoms with van der Waals surface area (Å²) in [7, 11) is 0. The second-order valence-corrected chi connectivity index (χ2v) is 11.3. The third-order valence-electron chi connectivity index (χ3n) is 8.76. The lowest BCUT2D eigenvalue weighted by molar-refractivity contribution is -0.609. The van der Waals surface area contributed by atoms with Gasteiger partial charge in [-0.3, -0.25) is 9.37 Å². The average molecular weight is 494 g/mol. The van der Waals surface area contributed by atoms with Crippen LogP contribution in [0.1, 0.15) is 84.5 Å². The first-order valence-electron chi connectivity index (χ1n) is 13.4. The van der Waals surface area contributed by atoms with Crippen molar-refractivity contribution in [1.82, 2.24) is 10.6 Å². The van der Waals surface area contributed by atoms with E-state index in [1.807, 2.05) is 0 Å². The van der Waals surface area contributed by atoms with Crippen molar-refractivity contribution in [1.29, 1.82) is 0 Å². The Balaban J connectivity index is 0.00000241. The molecule has 7 nitrogen and oxygen atoms in total. The van der Waals surface area contributed by atoms with E-state index in [9.17, 15) is 4.79 Å². The van der Waals surface area contributed by atoms with E-state index >= 15 is 0 Å². The van der Waals surface area contributed by atoms with Crippen LogP contribution in [-0.2, 0) is 19.0 Å². The van der Waals surface area contributed by atoms with E-state index < -0.39 is 5.72 Å². The van der Waals surface area contributed by atoms with Crippen LogP contribution in [-0.4, -0.2) is 58.9 Å². The van der Waals surface area contributed by atoms with E-state index in [0.29, 0.717) is 18.6 Å². The van der Waals surface area contributed by atoms with Crippen molar-refractivity contribution in [3.63, 3.8) is 0 Å². The smallest absolute Gasteiger partial charge is 0.350 e. The van der Waals surface area contributed by atoms with Gasteiger partial charge in [-0.25, -0.2) is 10.6 Å². The van der Waals surface area contributed by atoms with Crippen LogP contribution in [0.2, 0.25) is 0 Å². The molecule has 0 bridgehead atoms. The van der Waals surface area contributed by atoms with Crippen LogP contribution in [0.5, 0.6) is 0 Å². The summed E-state index contributed by atoms with van der Waals surface area (Å²) in [4.78, 5) is 13.6. The summed E-state index contributed by atoms with van der Waals surface area (Å²) >= 11 is 0. The lowest BCUT2D eigenvalue weighted by Crippen LogP contribution is -3.00. The zero-order chi connectivity index (χ0) is 22.6. The van der Waals surface area contributed by atoms with Crippen LogP contribution in [0.3, 0.4) is 0 Å². The van der Waals surface area contributed by atoms with E-state index in [4.69, 9.17) is 14.2 Å². The van der Waals surface area contributed by atoms with Gasteiger partial charge in [0.1, 0.15) is 0 Å². The number of rotatable bonds is 4. The Morgan fingerprint density at radius 2 is 2.03 bits per heavy atom. The summed E-state index contributed by atoms with van der Waals surface area (Å²) in [5, 5.41) is 7.59. The number of esters is 1. The average Bonchev–Trinajstić information content (AvgIpc) is 3.56. The Labute approximate surface area is 209 Å². The highest BCUT2D eigenvalue weighted by Crippen LogP contribution is 2.46. The summed E-state index contributed by atoms with van der Waals surface area (Å²) in [6.07, 6.45) is 16.0. The molecule has 0 aromatic rings. The molecule has 0 radical (unpaired) electrons. The molecule has 7 atom stereocenters. The van der Waals surface area contributed by atoms with Crippen LogP contribution < -0.4 is 23.0 Å². The standard InChI is InChI=1S/C26H39N3O4.ClH/c1-3-20-8-4-5-13-25(33-20)15-19-11-12-21-22(23(30)31-16-18-9-10-18)26(14-6-7-17(2)32-26)28-24(27-25)29(19)21;/h4,8,17-22H,3,5-7,9-16H2,1-2H3,(H,27,28);1H/t17-,19+,20+,21-,22-,25+,26-;/m1./s1. The van der Waals surface area contributed by atoms with Gasteiger partial charge in [0.05, 0.1) is 30.9 Å². The molecule has 2 saturated heterocycles. The van der Waals surface area contributed by atoms with Crippen LogP contribution in [0.25, 0.3) is 0 Å². The minimum atomic E-state index is -0.706. The van der Waals surface area contributed by atoms with E-state index in [1.54, 1.807) is 0 Å². The highest BCUT2D eigenvalue weighted by molar-refractivity contribution is 5.82. The molecule has 5 heterocycles. The molecule has 2 spiro atoms. The van der Waals surface area contributed by atoms with E-state index in [0.717, 1.165) is 63.7 Å². The van der Waals surface area contributed by atoms with Gasteiger partial charge in [-0.2, -0.15) is 0 Å². The number of ether oxygens (including phenoxy) is 3. The third kappa shape index (κ3) is 4.26. The number of carbonyl (C=O) groups is 1. The molecular weight excluding hydrogens is 454 g/mol. The van der Waals surface area contributed by atoms with Crippen molar-refractivity contribution in [2.45, 2.75) is 120 Å². The molecule has 0 aromatic carbocycles. The van der Waals surface area contributed by atoms with Gasteiger partial charge in [0.15, 0.2) is 11.6 Å². The molecule has 1 saturated carbocycles. The maximum atomic E-state index is 13.6. The lowest BCUT2D eigenvalue weighted by atomic mass is 9.80. The minimum Gasteiger partial charge on any atom is -1.00 e. The molecule has 0 amide bonds. The predicted molar refractivity (Wildman–Crippen MR) is 124 cm³/mol. The summed E-state index contributed by atoms with van der Waals surface area (Å²) in [5.41, 5.74) is -1.08. The third-order valence-corrected chi connectivity index (χ3v) is 8.76. The maximum Gasteiger partial charge on any atom is 0.350 e. The van der Waals surface area contributed by atoms with E-state index in [-0.39, 0.29) is 48.3 Å². The quantitative estimate of drug-likeness (QED) is 0.331. The van der Waals surface area contributed by atoms with Crippen LogP contribution in [0, 0.1) is 11.8 Å². The second-order valence-electron chi connectivity index (χ2n) is 11.3. The first-order valence-corrected chi connectivity index (χ1v) is 13.4. The summed E-state index contributed by atoms with van der Waals surface area (Å²) in [6.45, 7) is 4.88. The largest absolute Gasteiger partial charge is 1.00 e. The number of carbonyl (C=O) groups excluding carboxylic acids is 1.